The highest BCUT2D eigenvalue weighted by molar-refractivity contribution is 7.07. The minimum atomic E-state index is -0.0291. The van der Waals surface area contributed by atoms with Gasteiger partial charge >= 0.3 is 0 Å². The van der Waals surface area contributed by atoms with Crippen molar-refractivity contribution < 1.29 is 0 Å². The Morgan fingerprint density at radius 1 is 1.15 bits per heavy atom. The summed E-state index contributed by atoms with van der Waals surface area (Å²) in [5.74, 6) is 0. The molecule has 3 rings (SSSR count). The van der Waals surface area contributed by atoms with Gasteiger partial charge in [0, 0.05) is 12.7 Å². The molecule has 0 aliphatic rings. The molecule has 4 heteroatoms. The SMILES string of the molecule is N[C@H](Cc1ccccc1)c1cncn1Cc1ccsc1. The molecule has 2 N–H and O–H groups in total. The number of rotatable bonds is 5. The molecule has 3 nitrogen and oxygen atoms in total. The lowest BCUT2D eigenvalue weighted by Gasteiger charge is -2.14. The number of benzene rings is 1. The van der Waals surface area contributed by atoms with Gasteiger partial charge in [-0.1, -0.05) is 30.3 Å². The van der Waals surface area contributed by atoms with E-state index in [9.17, 15) is 0 Å². The lowest BCUT2D eigenvalue weighted by Crippen LogP contribution is -2.18. The molecule has 20 heavy (non-hydrogen) atoms. The molecule has 2 aromatic heterocycles. The van der Waals surface area contributed by atoms with Crippen molar-refractivity contribution in [1.82, 2.24) is 9.55 Å². The zero-order chi connectivity index (χ0) is 13.8. The topological polar surface area (TPSA) is 43.8 Å². The zero-order valence-corrected chi connectivity index (χ0v) is 12.0. The first-order valence-corrected chi connectivity index (χ1v) is 7.58. The maximum absolute atomic E-state index is 6.34. The Kier molecular flexibility index (Phi) is 3.95. The molecule has 0 unspecified atom stereocenters. The first-order valence-electron chi connectivity index (χ1n) is 6.63. The number of nitrogens with zero attached hydrogens (tertiary/aromatic N) is 2. The molecular weight excluding hydrogens is 266 g/mol. The van der Waals surface area contributed by atoms with Crippen LogP contribution in [0.2, 0.25) is 0 Å². The summed E-state index contributed by atoms with van der Waals surface area (Å²) in [6.45, 7) is 0.835. The highest BCUT2D eigenvalue weighted by Crippen LogP contribution is 2.17. The Balaban J connectivity index is 1.75. The van der Waals surface area contributed by atoms with E-state index >= 15 is 0 Å². The molecule has 0 aliphatic heterocycles. The van der Waals surface area contributed by atoms with E-state index in [-0.39, 0.29) is 6.04 Å². The van der Waals surface area contributed by atoms with Gasteiger partial charge in [-0.15, -0.1) is 0 Å². The first kappa shape index (κ1) is 13.1. The van der Waals surface area contributed by atoms with Crippen molar-refractivity contribution in [2.75, 3.05) is 0 Å². The van der Waals surface area contributed by atoms with E-state index in [1.54, 1.807) is 11.3 Å². The van der Waals surface area contributed by atoms with Gasteiger partial charge in [-0.3, -0.25) is 0 Å². The molecule has 0 spiro atoms. The van der Waals surface area contributed by atoms with Crippen LogP contribution in [-0.4, -0.2) is 9.55 Å². The predicted molar refractivity (Wildman–Crippen MR) is 82.7 cm³/mol. The number of nitrogens with two attached hydrogens (primary N) is 1. The lowest BCUT2D eigenvalue weighted by atomic mass is 10.0. The van der Waals surface area contributed by atoms with Gasteiger partial charge in [-0.05, 0) is 34.4 Å². The fraction of sp³-hybridized carbons (Fsp3) is 0.188. The number of hydrogen-bond acceptors (Lipinski definition) is 3. The molecule has 0 fully saturated rings. The lowest BCUT2D eigenvalue weighted by molar-refractivity contribution is 0.632. The third-order valence-electron chi connectivity index (χ3n) is 3.36. The average molecular weight is 283 g/mol. The normalized spacial score (nSPS) is 12.4. The molecule has 2 heterocycles. The van der Waals surface area contributed by atoms with Gasteiger partial charge in [0.15, 0.2) is 0 Å². The van der Waals surface area contributed by atoms with Crippen molar-refractivity contribution in [2.24, 2.45) is 5.73 Å². The van der Waals surface area contributed by atoms with E-state index in [1.807, 2.05) is 30.7 Å². The van der Waals surface area contributed by atoms with Gasteiger partial charge in [0.25, 0.3) is 0 Å². The summed E-state index contributed by atoms with van der Waals surface area (Å²) in [6, 6.07) is 12.4. The smallest absolute Gasteiger partial charge is 0.0951 e. The van der Waals surface area contributed by atoms with Crippen molar-refractivity contribution in [3.63, 3.8) is 0 Å². The van der Waals surface area contributed by atoms with Crippen molar-refractivity contribution in [3.05, 3.63) is 76.5 Å². The van der Waals surface area contributed by atoms with E-state index in [0.29, 0.717) is 0 Å². The number of imidazole rings is 1. The Morgan fingerprint density at radius 2 is 2.00 bits per heavy atom. The van der Waals surface area contributed by atoms with Crippen molar-refractivity contribution >= 4 is 11.3 Å². The third-order valence-corrected chi connectivity index (χ3v) is 4.09. The Hall–Kier alpha value is -1.91. The fourth-order valence-corrected chi connectivity index (χ4v) is 2.98. The second-order valence-electron chi connectivity index (χ2n) is 4.87. The Labute approximate surface area is 122 Å². The maximum Gasteiger partial charge on any atom is 0.0951 e. The van der Waals surface area contributed by atoms with Gasteiger partial charge in [-0.25, -0.2) is 4.98 Å². The molecule has 1 aromatic carbocycles. The van der Waals surface area contributed by atoms with E-state index in [1.165, 1.54) is 11.1 Å². The summed E-state index contributed by atoms with van der Waals surface area (Å²) in [7, 11) is 0. The molecule has 102 valence electrons. The standard InChI is InChI=1S/C16H17N3S/c17-15(8-13-4-2-1-3-5-13)16-9-18-12-19(16)10-14-6-7-20-11-14/h1-7,9,11-12,15H,8,10,17H2/t15-/m1/s1. The van der Waals surface area contributed by atoms with Crippen LogP contribution in [-0.2, 0) is 13.0 Å². The molecule has 0 saturated heterocycles. The number of thiophene rings is 1. The summed E-state index contributed by atoms with van der Waals surface area (Å²) in [4.78, 5) is 4.25. The van der Waals surface area contributed by atoms with E-state index in [0.717, 1.165) is 18.7 Å². The molecule has 0 saturated carbocycles. The van der Waals surface area contributed by atoms with Crippen molar-refractivity contribution in [1.29, 1.82) is 0 Å². The summed E-state index contributed by atoms with van der Waals surface area (Å²) in [5, 5.41) is 4.25. The average Bonchev–Trinajstić information content (AvgIpc) is 3.12. The molecule has 1 atom stereocenters. The fourth-order valence-electron chi connectivity index (χ4n) is 2.32. The van der Waals surface area contributed by atoms with Gasteiger partial charge in [0.1, 0.15) is 0 Å². The number of aromatic nitrogens is 2. The molecule has 3 aromatic rings. The summed E-state index contributed by atoms with van der Waals surface area (Å²) < 4.78 is 2.13. The van der Waals surface area contributed by atoms with Crippen LogP contribution in [0.1, 0.15) is 22.9 Å². The van der Waals surface area contributed by atoms with E-state index in [4.69, 9.17) is 5.73 Å². The van der Waals surface area contributed by atoms with Gasteiger partial charge in [0.2, 0.25) is 0 Å². The minimum Gasteiger partial charge on any atom is -0.329 e. The zero-order valence-electron chi connectivity index (χ0n) is 11.1. The molecule has 0 bridgehead atoms. The van der Waals surface area contributed by atoms with Crippen LogP contribution in [0.15, 0.2) is 59.7 Å². The van der Waals surface area contributed by atoms with Gasteiger partial charge in [-0.2, -0.15) is 11.3 Å². The quantitative estimate of drug-likeness (QED) is 0.781. The first-order chi connectivity index (χ1) is 9.83. The van der Waals surface area contributed by atoms with Gasteiger partial charge < -0.3 is 10.3 Å². The van der Waals surface area contributed by atoms with Crippen LogP contribution in [0.25, 0.3) is 0 Å². The largest absolute Gasteiger partial charge is 0.329 e. The highest BCUT2D eigenvalue weighted by Gasteiger charge is 2.12. The molecular formula is C16H17N3S. The van der Waals surface area contributed by atoms with Crippen molar-refractivity contribution in [3.8, 4) is 0 Å². The predicted octanol–water partition coefficient (Wildman–Crippen LogP) is 3.24. The summed E-state index contributed by atoms with van der Waals surface area (Å²) in [6.07, 6.45) is 4.56. The third kappa shape index (κ3) is 2.98. The monoisotopic (exact) mass is 283 g/mol. The van der Waals surface area contributed by atoms with Crippen LogP contribution in [0.4, 0.5) is 0 Å². The van der Waals surface area contributed by atoms with Crippen LogP contribution in [0.3, 0.4) is 0 Å². The van der Waals surface area contributed by atoms with Crippen molar-refractivity contribution in [2.45, 2.75) is 19.0 Å². The maximum atomic E-state index is 6.34. The van der Waals surface area contributed by atoms with Gasteiger partial charge in [0.05, 0.1) is 18.1 Å². The van der Waals surface area contributed by atoms with Crippen LogP contribution in [0.5, 0.6) is 0 Å². The van der Waals surface area contributed by atoms with Crippen LogP contribution in [0, 0.1) is 0 Å². The minimum absolute atomic E-state index is 0.0291. The molecule has 0 aliphatic carbocycles. The van der Waals surface area contributed by atoms with Crippen LogP contribution < -0.4 is 5.73 Å². The summed E-state index contributed by atoms with van der Waals surface area (Å²) >= 11 is 1.71. The molecule has 0 radical (unpaired) electrons. The second kappa shape index (κ2) is 6.03. The highest BCUT2D eigenvalue weighted by atomic mass is 32.1. The molecule has 0 amide bonds. The van der Waals surface area contributed by atoms with Crippen LogP contribution >= 0.6 is 11.3 Å². The second-order valence-corrected chi connectivity index (χ2v) is 5.65. The Morgan fingerprint density at radius 3 is 2.75 bits per heavy atom. The number of hydrogen-bond donors (Lipinski definition) is 1. The van der Waals surface area contributed by atoms with E-state index in [2.05, 4.69) is 38.5 Å². The van der Waals surface area contributed by atoms with E-state index < -0.39 is 0 Å². The Bertz CT molecular complexity index is 643. The summed E-state index contributed by atoms with van der Waals surface area (Å²) in [5.41, 5.74) is 9.97.